The van der Waals surface area contributed by atoms with E-state index >= 15 is 0 Å². The van der Waals surface area contributed by atoms with Crippen molar-refractivity contribution in [3.8, 4) is 0 Å². The highest BCUT2D eigenvalue weighted by atomic mass is 16.5. The largest absolute Gasteiger partial charge is 0.468 e. The van der Waals surface area contributed by atoms with E-state index in [1.165, 1.54) is 0 Å². The molecular formula is C21H20O6. The first-order valence-corrected chi connectivity index (χ1v) is 8.32. The average molecular weight is 368 g/mol. The number of Topliss-reactive ketones (excluding diaryl/α,β-unsaturated/α-hetero) is 2. The van der Waals surface area contributed by atoms with Crippen LogP contribution < -0.4 is 0 Å². The number of methoxy groups -OCH3 is 2. The first-order valence-electron chi connectivity index (χ1n) is 8.32. The Balaban J connectivity index is 2.43. The molecule has 0 saturated heterocycles. The molecule has 0 saturated carbocycles. The zero-order valence-corrected chi connectivity index (χ0v) is 15.1. The van der Waals surface area contributed by atoms with E-state index in [0.717, 1.165) is 14.2 Å². The van der Waals surface area contributed by atoms with Crippen LogP contribution in [0.1, 0.15) is 27.1 Å². The number of rotatable bonds is 8. The van der Waals surface area contributed by atoms with Gasteiger partial charge in [0, 0.05) is 17.5 Å². The van der Waals surface area contributed by atoms with Crippen LogP contribution in [0.25, 0.3) is 0 Å². The molecule has 27 heavy (non-hydrogen) atoms. The first kappa shape index (κ1) is 20.0. The van der Waals surface area contributed by atoms with Crippen LogP contribution in [-0.2, 0) is 19.1 Å². The maximum atomic E-state index is 13.0. The van der Waals surface area contributed by atoms with Crippen LogP contribution in [0, 0.1) is 11.8 Å². The van der Waals surface area contributed by atoms with Crippen molar-refractivity contribution in [1.29, 1.82) is 0 Å². The van der Waals surface area contributed by atoms with Crippen molar-refractivity contribution < 1.29 is 28.7 Å². The quantitative estimate of drug-likeness (QED) is 0.404. The minimum atomic E-state index is -1.53. The van der Waals surface area contributed by atoms with Gasteiger partial charge in [-0.25, -0.2) is 0 Å². The summed E-state index contributed by atoms with van der Waals surface area (Å²) < 4.78 is 9.37. The highest BCUT2D eigenvalue weighted by molar-refractivity contribution is 6.09. The van der Waals surface area contributed by atoms with Gasteiger partial charge in [-0.15, -0.1) is 0 Å². The molecule has 6 nitrogen and oxygen atoms in total. The summed E-state index contributed by atoms with van der Waals surface area (Å²) >= 11 is 0. The summed E-state index contributed by atoms with van der Waals surface area (Å²) in [5.74, 6) is -5.46. The number of benzene rings is 2. The summed E-state index contributed by atoms with van der Waals surface area (Å²) in [7, 11) is 2.22. The van der Waals surface area contributed by atoms with Gasteiger partial charge in [0.25, 0.3) is 0 Å². The van der Waals surface area contributed by atoms with E-state index in [4.69, 9.17) is 0 Å². The topological polar surface area (TPSA) is 86.7 Å². The number of ketones is 2. The predicted octanol–water partition coefficient (Wildman–Crippen LogP) is 2.72. The van der Waals surface area contributed by atoms with Crippen LogP contribution in [0.4, 0.5) is 0 Å². The Morgan fingerprint density at radius 3 is 1.63 bits per heavy atom. The smallest absolute Gasteiger partial charge is 0.320 e. The Kier molecular flexibility index (Phi) is 7.00. The maximum Gasteiger partial charge on any atom is 0.320 e. The van der Waals surface area contributed by atoms with Gasteiger partial charge >= 0.3 is 11.9 Å². The fourth-order valence-corrected chi connectivity index (χ4v) is 2.80. The van der Waals surface area contributed by atoms with Crippen molar-refractivity contribution in [2.45, 2.75) is 6.42 Å². The molecule has 0 N–H and O–H groups in total. The van der Waals surface area contributed by atoms with E-state index < -0.39 is 29.6 Å². The molecule has 2 aromatic carbocycles. The van der Waals surface area contributed by atoms with Gasteiger partial charge in [0.2, 0.25) is 0 Å². The molecule has 0 aliphatic heterocycles. The van der Waals surface area contributed by atoms with Gasteiger partial charge in [-0.05, 0) is 0 Å². The molecule has 0 aliphatic carbocycles. The second-order valence-corrected chi connectivity index (χ2v) is 5.85. The van der Waals surface area contributed by atoms with Gasteiger partial charge in [-0.2, -0.15) is 0 Å². The molecule has 6 heteroatoms. The Labute approximate surface area is 157 Å². The third-order valence-electron chi connectivity index (χ3n) is 4.21. The molecule has 0 radical (unpaired) electrons. The zero-order chi connectivity index (χ0) is 19.8. The number of hydrogen-bond acceptors (Lipinski definition) is 6. The molecule has 140 valence electrons. The molecule has 0 aromatic heterocycles. The van der Waals surface area contributed by atoms with Gasteiger partial charge < -0.3 is 9.47 Å². The minimum absolute atomic E-state index is 0.293. The fraction of sp³-hybridized carbons (Fsp3) is 0.238. The van der Waals surface area contributed by atoms with Crippen molar-refractivity contribution in [3.05, 3.63) is 71.8 Å². The van der Waals surface area contributed by atoms with E-state index in [1.54, 1.807) is 60.7 Å². The van der Waals surface area contributed by atoms with Crippen molar-refractivity contribution in [2.24, 2.45) is 11.8 Å². The van der Waals surface area contributed by atoms with Gasteiger partial charge in [0.05, 0.1) is 20.1 Å². The summed E-state index contributed by atoms with van der Waals surface area (Å²) in [5, 5.41) is 0. The average Bonchev–Trinajstić information content (AvgIpc) is 2.73. The Morgan fingerprint density at radius 1 is 0.741 bits per heavy atom. The minimum Gasteiger partial charge on any atom is -0.468 e. The lowest BCUT2D eigenvalue weighted by atomic mass is 9.81. The van der Waals surface area contributed by atoms with Crippen molar-refractivity contribution >= 4 is 23.5 Å². The van der Waals surface area contributed by atoms with Crippen LogP contribution in [0.5, 0.6) is 0 Å². The van der Waals surface area contributed by atoms with Gasteiger partial charge in [0.1, 0.15) is 0 Å². The molecule has 2 aromatic rings. The Hall–Kier alpha value is -3.28. The summed E-state index contributed by atoms with van der Waals surface area (Å²) in [6.45, 7) is 0. The van der Waals surface area contributed by atoms with Gasteiger partial charge in [-0.1, -0.05) is 60.7 Å². The van der Waals surface area contributed by atoms with Crippen LogP contribution in [-0.4, -0.2) is 37.7 Å². The van der Waals surface area contributed by atoms with E-state index in [2.05, 4.69) is 9.47 Å². The van der Waals surface area contributed by atoms with Crippen LogP contribution in [0.2, 0.25) is 0 Å². The molecular weight excluding hydrogens is 348 g/mol. The third kappa shape index (κ3) is 4.88. The summed E-state index contributed by atoms with van der Waals surface area (Å²) in [4.78, 5) is 50.1. The number of esters is 2. The summed E-state index contributed by atoms with van der Waals surface area (Å²) in [5.41, 5.74) is 0.679. The molecule has 0 aliphatic rings. The number of hydrogen-bond donors (Lipinski definition) is 0. The molecule has 0 amide bonds. The lowest BCUT2D eigenvalue weighted by molar-refractivity contribution is -0.160. The molecule has 0 bridgehead atoms. The molecule has 0 heterocycles. The zero-order valence-electron chi connectivity index (χ0n) is 15.1. The third-order valence-corrected chi connectivity index (χ3v) is 4.21. The van der Waals surface area contributed by atoms with Crippen molar-refractivity contribution in [1.82, 2.24) is 0 Å². The highest BCUT2D eigenvalue weighted by Crippen LogP contribution is 2.26. The van der Waals surface area contributed by atoms with E-state index in [0.29, 0.717) is 11.1 Å². The maximum absolute atomic E-state index is 13.0. The standard InChI is InChI=1S/C21H20O6/c1-26-20(24)18(21(25)27-2)16(19(23)15-11-7-4-8-12-15)13-17(22)14-9-5-3-6-10-14/h3-12,16,18H,13H2,1-2H3. The van der Waals surface area contributed by atoms with Crippen LogP contribution in [0.15, 0.2) is 60.7 Å². The normalized spacial score (nSPS) is 11.5. The Bertz CT molecular complexity index is 797. The van der Waals surface area contributed by atoms with Crippen molar-refractivity contribution in [2.75, 3.05) is 14.2 Å². The SMILES string of the molecule is COC(=O)C(C(=O)OC)C(CC(=O)c1ccccc1)C(=O)c1ccccc1. The number of carbonyl (C=O) groups is 4. The van der Waals surface area contributed by atoms with E-state index in [1.807, 2.05) is 0 Å². The number of carbonyl (C=O) groups excluding carboxylic acids is 4. The second-order valence-electron chi connectivity index (χ2n) is 5.85. The lowest BCUT2D eigenvalue weighted by Crippen LogP contribution is -2.38. The molecule has 2 rings (SSSR count). The first-order chi connectivity index (χ1) is 13.0. The monoisotopic (exact) mass is 368 g/mol. The molecule has 0 spiro atoms. The van der Waals surface area contributed by atoms with Crippen LogP contribution in [0.3, 0.4) is 0 Å². The predicted molar refractivity (Wildman–Crippen MR) is 97.2 cm³/mol. The van der Waals surface area contributed by atoms with Gasteiger partial charge in [-0.3, -0.25) is 19.2 Å². The Morgan fingerprint density at radius 2 is 1.19 bits per heavy atom. The molecule has 1 unspecified atom stereocenters. The molecule has 0 fully saturated rings. The van der Waals surface area contributed by atoms with Crippen molar-refractivity contribution in [3.63, 3.8) is 0 Å². The van der Waals surface area contributed by atoms with Crippen LogP contribution >= 0.6 is 0 Å². The summed E-state index contributed by atoms with van der Waals surface area (Å²) in [6.07, 6.45) is -0.327. The highest BCUT2D eigenvalue weighted by Gasteiger charge is 2.42. The second kappa shape index (κ2) is 9.43. The summed E-state index contributed by atoms with van der Waals surface area (Å²) in [6, 6.07) is 16.5. The number of ether oxygens (including phenoxy) is 2. The fourth-order valence-electron chi connectivity index (χ4n) is 2.80. The lowest BCUT2D eigenvalue weighted by Gasteiger charge is -2.22. The van der Waals surface area contributed by atoms with E-state index in [9.17, 15) is 19.2 Å². The van der Waals surface area contributed by atoms with Gasteiger partial charge in [0.15, 0.2) is 17.5 Å². The van der Waals surface area contributed by atoms with E-state index in [-0.39, 0.29) is 12.2 Å². The molecule has 1 atom stereocenters.